The third kappa shape index (κ3) is 5.56. The van der Waals surface area contributed by atoms with Gasteiger partial charge in [-0.1, -0.05) is 6.92 Å². The summed E-state index contributed by atoms with van der Waals surface area (Å²) in [6.45, 7) is 4.17. The molecule has 0 fully saturated rings. The van der Waals surface area contributed by atoms with E-state index in [4.69, 9.17) is 0 Å². The first kappa shape index (κ1) is 12.3. The topological polar surface area (TPSA) is 0 Å². The van der Waals surface area contributed by atoms with Crippen molar-refractivity contribution in [2.75, 3.05) is 0 Å². The SMILES string of the molecule is C[c-]1[cH-][cH-][cH-][cH-]1.C[c-]1cccc1.[Os]. The summed E-state index contributed by atoms with van der Waals surface area (Å²) in [5.41, 5.74) is 2.69. The van der Waals surface area contributed by atoms with Gasteiger partial charge in [0, 0.05) is 19.8 Å². The first-order valence-electron chi connectivity index (χ1n) is 4.15. The molecule has 76 valence electrons. The van der Waals surface area contributed by atoms with Gasteiger partial charge in [0.2, 0.25) is 0 Å². The molecule has 0 spiro atoms. The number of rotatable bonds is 0. The Morgan fingerprint density at radius 3 is 1.54 bits per heavy atom. The number of hydrogen-bond donors (Lipinski definition) is 0. The van der Waals surface area contributed by atoms with Gasteiger partial charge >= 0.3 is 0 Å². The Hall–Kier alpha value is -0.664. The summed E-state index contributed by atoms with van der Waals surface area (Å²) in [4.78, 5) is 0. The second kappa shape index (κ2) is 6.81. The van der Waals surface area contributed by atoms with Crippen LogP contribution in [0.5, 0.6) is 0 Å². The molecule has 2 aromatic carbocycles. The van der Waals surface area contributed by atoms with E-state index in [0.717, 1.165) is 0 Å². The molecular formula is C12H14Os-6. The summed E-state index contributed by atoms with van der Waals surface area (Å²) in [6.07, 6.45) is 0. The van der Waals surface area contributed by atoms with Crippen LogP contribution in [0.2, 0.25) is 0 Å². The van der Waals surface area contributed by atoms with Gasteiger partial charge in [0.1, 0.15) is 0 Å². The van der Waals surface area contributed by atoms with Gasteiger partial charge in [-0.15, -0.1) is 0 Å². The Morgan fingerprint density at radius 2 is 1.38 bits per heavy atom. The second-order valence-electron chi connectivity index (χ2n) is 2.92. The predicted molar refractivity (Wildman–Crippen MR) is 53.5 cm³/mol. The summed E-state index contributed by atoms with van der Waals surface area (Å²) >= 11 is 0. The smallest absolute Gasteiger partial charge is 0 e. The van der Waals surface area contributed by atoms with Crippen molar-refractivity contribution in [1.82, 2.24) is 0 Å². The van der Waals surface area contributed by atoms with Crippen LogP contribution in [0.4, 0.5) is 0 Å². The molecule has 0 unspecified atom stereocenters. The molecule has 2 rings (SSSR count). The first-order valence-corrected chi connectivity index (χ1v) is 4.15. The van der Waals surface area contributed by atoms with Crippen molar-refractivity contribution in [2.24, 2.45) is 0 Å². The molecule has 2 aromatic rings. The van der Waals surface area contributed by atoms with Crippen molar-refractivity contribution in [3.05, 3.63) is 59.7 Å². The molecule has 1 heteroatoms. The second-order valence-corrected chi connectivity index (χ2v) is 2.92. The van der Waals surface area contributed by atoms with Crippen LogP contribution < -0.4 is 0 Å². The molecule has 0 N–H and O–H groups in total. The van der Waals surface area contributed by atoms with Gasteiger partial charge in [-0.05, 0) is 0 Å². The number of aryl methyl sites for hydroxylation is 2. The molecule has 0 radical (unpaired) electrons. The van der Waals surface area contributed by atoms with E-state index in [-0.39, 0.29) is 19.8 Å². The van der Waals surface area contributed by atoms with E-state index in [1.165, 1.54) is 11.1 Å². The van der Waals surface area contributed by atoms with Gasteiger partial charge in [0.15, 0.2) is 0 Å². The maximum absolute atomic E-state index is 2.08. The monoisotopic (exact) mass is 350 g/mol. The van der Waals surface area contributed by atoms with E-state index in [1.807, 2.05) is 24.3 Å². The van der Waals surface area contributed by atoms with Gasteiger partial charge in [-0.25, -0.2) is 19.1 Å². The van der Waals surface area contributed by atoms with Gasteiger partial charge in [0.25, 0.3) is 0 Å². The van der Waals surface area contributed by atoms with E-state index >= 15 is 0 Å². The first-order chi connectivity index (χ1) is 5.79. The van der Waals surface area contributed by atoms with Crippen LogP contribution in [0, 0.1) is 13.8 Å². The molecule has 0 saturated carbocycles. The third-order valence-corrected chi connectivity index (χ3v) is 1.66. The largest absolute Gasteiger partial charge is 0.748 e. The minimum Gasteiger partial charge on any atom is -0.748 e. The fraction of sp³-hybridized carbons (Fsp3) is 0.167. The van der Waals surface area contributed by atoms with Gasteiger partial charge in [-0.3, -0.25) is 0 Å². The van der Waals surface area contributed by atoms with Crippen LogP contribution in [-0.4, -0.2) is 0 Å². The van der Waals surface area contributed by atoms with Crippen molar-refractivity contribution in [3.63, 3.8) is 0 Å². The third-order valence-electron chi connectivity index (χ3n) is 1.66. The molecule has 0 heterocycles. The Balaban J connectivity index is 0.000000206. The Morgan fingerprint density at radius 1 is 0.923 bits per heavy atom. The fourth-order valence-electron chi connectivity index (χ4n) is 0.940. The van der Waals surface area contributed by atoms with Crippen LogP contribution in [0.3, 0.4) is 0 Å². The minimum absolute atomic E-state index is 0. The average molecular weight is 348 g/mol. The normalized spacial score (nSPS) is 8.15. The zero-order valence-corrected chi connectivity index (χ0v) is 10.5. The van der Waals surface area contributed by atoms with Crippen LogP contribution in [0.15, 0.2) is 48.5 Å². The standard InChI is InChI=1S/2C6H7.Os/c2*1-6-4-2-3-5-6;/h2*2-5H,1H3;/q-5;-1;. The van der Waals surface area contributed by atoms with Crippen LogP contribution >= 0.6 is 0 Å². The van der Waals surface area contributed by atoms with Crippen molar-refractivity contribution < 1.29 is 19.8 Å². The van der Waals surface area contributed by atoms with Gasteiger partial charge < -0.3 is 29.8 Å². The van der Waals surface area contributed by atoms with Gasteiger partial charge in [-0.2, -0.15) is 17.7 Å². The van der Waals surface area contributed by atoms with E-state index in [1.54, 1.807) is 0 Å². The Kier molecular flexibility index (Phi) is 6.46. The molecular weight excluding hydrogens is 334 g/mol. The minimum atomic E-state index is 0. The fourth-order valence-corrected chi connectivity index (χ4v) is 0.940. The molecule has 13 heavy (non-hydrogen) atoms. The predicted octanol–water partition coefficient (Wildman–Crippen LogP) is 3.43. The molecule has 0 aliphatic heterocycles. The average Bonchev–Trinajstić information content (AvgIpc) is 2.63. The maximum Gasteiger partial charge on any atom is 0 e. The Labute approximate surface area is 93.4 Å². The van der Waals surface area contributed by atoms with Crippen LogP contribution in [0.1, 0.15) is 11.1 Å². The quantitative estimate of drug-likeness (QED) is 0.640. The number of hydrogen-bond acceptors (Lipinski definition) is 0. The van der Waals surface area contributed by atoms with E-state index in [9.17, 15) is 0 Å². The molecule has 0 saturated heterocycles. The van der Waals surface area contributed by atoms with E-state index in [0.29, 0.717) is 0 Å². The summed E-state index contributed by atoms with van der Waals surface area (Å²) in [6, 6.07) is 16.5. The molecule has 0 bridgehead atoms. The zero-order valence-electron chi connectivity index (χ0n) is 7.97. The summed E-state index contributed by atoms with van der Waals surface area (Å²) < 4.78 is 0. The molecule has 0 aromatic heterocycles. The van der Waals surface area contributed by atoms with Crippen LogP contribution in [-0.2, 0) is 19.8 Å². The molecule has 0 aliphatic rings. The molecule has 0 amide bonds. The van der Waals surface area contributed by atoms with Gasteiger partial charge in [0.05, 0.1) is 0 Å². The van der Waals surface area contributed by atoms with E-state index < -0.39 is 0 Å². The molecule has 0 nitrogen and oxygen atoms in total. The summed E-state index contributed by atoms with van der Waals surface area (Å²) in [5.74, 6) is 0. The molecule has 0 atom stereocenters. The van der Waals surface area contributed by atoms with Crippen molar-refractivity contribution in [1.29, 1.82) is 0 Å². The van der Waals surface area contributed by atoms with Crippen LogP contribution in [0.25, 0.3) is 0 Å². The Bertz CT molecular complexity index is 245. The summed E-state index contributed by atoms with van der Waals surface area (Å²) in [7, 11) is 0. The maximum atomic E-state index is 2.08. The van der Waals surface area contributed by atoms with E-state index in [2.05, 4.69) is 38.1 Å². The van der Waals surface area contributed by atoms with Crippen molar-refractivity contribution >= 4 is 0 Å². The summed E-state index contributed by atoms with van der Waals surface area (Å²) in [5, 5.41) is 0. The zero-order chi connectivity index (χ0) is 8.81. The van der Waals surface area contributed by atoms with Crippen molar-refractivity contribution in [2.45, 2.75) is 13.8 Å². The van der Waals surface area contributed by atoms with Crippen molar-refractivity contribution in [3.8, 4) is 0 Å². The molecule has 0 aliphatic carbocycles.